The van der Waals surface area contributed by atoms with Gasteiger partial charge in [-0.3, -0.25) is 0 Å². The van der Waals surface area contributed by atoms with Gasteiger partial charge in [-0.1, -0.05) is 36.4 Å². The second-order valence-electron chi connectivity index (χ2n) is 4.82. The summed E-state index contributed by atoms with van der Waals surface area (Å²) in [5, 5.41) is 6.74. The van der Waals surface area contributed by atoms with Gasteiger partial charge in [0.15, 0.2) is 0 Å². The molecule has 0 spiro atoms. The Morgan fingerprint density at radius 2 is 1.85 bits per heavy atom. The van der Waals surface area contributed by atoms with Gasteiger partial charge in [0.05, 0.1) is 0 Å². The zero-order valence-corrected chi connectivity index (χ0v) is 12.1. The molecule has 0 aliphatic rings. The lowest BCUT2D eigenvalue weighted by Gasteiger charge is -2.16. The molecular formula is C17H16FNS. The van der Waals surface area contributed by atoms with E-state index in [-0.39, 0.29) is 11.9 Å². The SMILES string of the molecule is CNC(Cc1ccccc1F)c1csc2ccccc12. The summed E-state index contributed by atoms with van der Waals surface area (Å²) in [5.41, 5.74) is 2.00. The lowest BCUT2D eigenvalue weighted by Crippen LogP contribution is -2.19. The largest absolute Gasteiger partial charge is 0.313 e. The van der Waals surface area contributed by atoms with Crippen molar-refractivity contribution in [2.45, 2.75) is 12.5 Å². The fourth-order valence-corrected chi connectivity index (χ4v) is 3.53. The maximum absolute atomic E-state index is 13.8. The van der Waals surface area contributed by atoms with E-state index in [1.807, 2.05) is 31.3 Å². The van der Waals surface area contributed by atoms with Crippen molar-refractivity contribution in [1.82, 2.24) is 5.32 Å². The van der Waals surface area contributed by atoms with E-state index in [2.05, 4.69) is 22.8 Å². The fourth-order valence-electron chi connectivity index (χ4n) is 2.52. The van der Waals surface area contributed by atoms with Crippen molar-refractivity contribution in [2.75, 3.05) is 7.05 Å². The molecular weight excluding hydrogens is 269 g/mol. The first-order valence-electron chi connectivity index (χ1n) is 6.66. The molecule has 102 valence electrons. The first kappa shape index (κ1) is 13.3. The summed E-state index contributed by atoms with van der Waals surface area (Å²) in [6.45, 7) is 0. The minimum Gasteiger partial charge on any atom is -0.313 e. The maximum atomic E-state index is 13.8. The molecule has 0 bridgehead atoms. The lowest BCUT2D eigenvalue weighted by molar-refractivity contribution is 0.557. The van der Waals surface area contributed by atoms with Crippen LogP contribution in [0.2, 0.25) is 0 Å². The van der Waals surface area contributed by atoms with Crippen LogP contribution in [0.15, 0.2) is 53.9 Å². The Balaban J connectivity index is 1.96. The molecule has 0 saturated carbocycles. The average molecular weight is 285 g/mol. The summed E-state index contributed by atoms with van der Waals surface area (Å²) in [7, 11) is 1.93. The minimum atomic E-state index is -0.132. The molecule has 1 heterocycles. The third-order valence-electron chi connectivity index (χ3n) is 3.62. The molecule has 1 aromatic heterocycles. The Morgan fingerprint density at radius 1 is 1.10 bits per heavy atom. The topological polar surface area (TPSA) is 12.0 Å². The van der Waals surface area contributed by atoms with E-state index in [0.717, 1.165) is 5.56 Å². The number of hydrogen-bond donors (Lipinski definition) is 1. The number of rotatable bonds is 4. The van der Waals surface area contributed by atoms with Crippen LogP contribution in [0.3, 0.4) is 0 Å². The van der Waals surface area contributed by atoms with Crippen molar-refractivity contribution in [3.05, 3.63) is 70.9 Å². The Morgan fingerprint density at radius 3 is 2.65 bits per heavy atom. The van der Waals surface area contributed by atoms with Crippen LogP contribution in [0, 0.1) is 5.82 Å². The van der Waals surface area contributed by atoms with Crippen molar-refractivity contribution in [1.29, 1.82) is 0 Å². The van der Waals surface area contributed by atoms with E-state index < -0.39 is 0 Å². The van der Waals surface area contributed by atoms with Gasteiger partial charge in [-0.15, -0.1) is 11.3 Å². The van der Waals surface area contributed by atoms with E-state index in [4.69, 9.17) is 0 Å². The zero-order valence-electron chi connectivity index (χ0n) is 11.3. The molecule has 0 radical (unpaired) electrons. The number of hydrogen-bond acceptors (Lipinski definition) is 2. The second-order valence-corrected chi connectivity index (χ2v) is 5.74. The Hall–Kier alpha value is -1.71. The molecule has 1 atom stereocenters. The molecule has 0 aliphatic carbocycles. The molecule has 1 unspecified atom stereocenters. The van der Waals surface area contributed by atoms with Crippen LogP contribution in [-0.4, -0.2) is 7.05 Å². The highest BCUT2D eigenvalue weighted by molar-refractivity contribution is 7.17. The number of halogens is 1. The van der Waals surface area contributed by atoms with Gasteiger partial charge >= 0.3 is 0 Å². The molecule has 2 aromatic carbocycles. The normalized spacial score (nSPS) is 12.7. The lowest BCUT2D eigenvalue weighted by atomic mass is 9.98. The molecule has 3 heteroatoms. The molecule has 0 saturated heterocycles. The van der Waals surface area contributed by atoms with Gasteiger partial charge in [0.2, 0.25) is 0 Å². The summed E-state index contributed by atoms with van der Waals surface area (Å²) >= 11 is 1.74. The van der Waals surface area contributed by atoms with Crippen molar-refractivity contribution >= 4 is 21.4 Å². The summed E-state index contributed by atoms with van der Waals surface area (Å²) in [5.74, 6) is -0.132. The smallest absolute Gasteiger partial charge is 0.126 e. The van der Waals surface area contributed by atoms with Crippen LogP contribution in [-0.2, 0) is 6.42 Å². The summed E-state index contributed by atoms with van der Waals surface area (Å²) in [4.78, 5) is 0. The highest BCUT2D eigenvalue weighted by atomic mass is 32.1. The third kappa shape index (κ3) is 2.47. The number of fused-ring (bicyclic) bond motifs is 1. The van der Waals surface area contributed by atoms with E-state index >= 15 is 0 Å². The molecule has 3 aromatic rings. The van der Waals surface area contributed by atoms with Crippen molar-refractivity contribution in [3.8, 4) is 0 Å². The van der Waals surface area contributed by atoms with Crippen LogP contribution in [0.1, 0.15) is 17.2 Å². The predicted octanol–water partition coefficient (Wildman–Crippen LogP) is 4.54. The van der Waals surface area contributed by atoms with Gasteiger partial charge in [-0.05, 0) is 47.5 Å². The molecule has 0 amide bonds. The molecule has 20 heavy (non-hydrogen) atoms. The third-order valence-corrected chi connectivity index (χ3v) is 4.60. The highest BCUT2D eigenvalue weighted by Gasteiger charge is 2.16. The first-order chi connectivity index (χ1) is 9.79. The molecule has 0 aliphatic heterocycles. The van der Waals surface area contributed by atoms with Gasteiger partial charge in [0.1, 0.15) is 5.82 Å². The Labute approximate surface area is 122 Å². The Bertz CT molecular complexity index is 720. The summed E-state index contributed by atoms with van der Waals surface area (Å²) < 4.78 is 15.1. The summed E-state index contributed by atoms with van der Waals surface area (Å²) in [6, 6.07) is 15.5. The number of likely N-dealkylation sites (N-methyl/N-ethyl adjacent to an activating group) is 1. The van der Waals surface area contributed by atoms with E-state index in [1.54, 1.807) is 17.4 Å². The monoisotopic (exact) mass is 285 g/mol. The number of nitrogens with one attached hydrogen (secondary N) is 1. The van der Waals surface area contributed by atoms with Crippen molar-refractivity contribution in [3.63, 3.8) is 0 Å². The fraction of sp³-hybridized carbons (Fsp3) is 0.176. The van der Waals surface area contributed by atoms with Gasteiger partial charge in [0, 0.05) is 10.7 Å². The van der Waals surface area contributed by atoms with Gasteiger partial charge in [-0.25, -0.2) is 4.39 Å². The van der Waals surface area contributed by atoms with Crippen LogP contribution in [0.4, 0.5) is 4.39 Å². The molecule has 1 nitrogen and oxygen atoms in total. The molecule has 1 N–H and O–H groups in total. The number of benzene rings is 2. The van der Waals surface area contributed by atoms with Crippen molar-refractivity contribution in [2.24, 2.45) is 0 Å². The molecule has 3 rings (SSSR count). The van der Waals surface area contributed by atoms with E-state index in [9.17, 15) is 4.39 Å². The first-order valence-corrected chi connectivity index (χ1v) is 7.54. The Kier molecular flexibility index (Phi) is 3.81. The van der Waals surface area contributed by atoms with Gasteiger partial charge in [-0.2, -0.15) is 0 Å². The van der Waals surface area contributed by atoms with Crippen LogP contribution < -0.4 is 5.32 Å². The average Bonchev–Trinajstić information content (AvgIpc) is 2.90. The highest BCUT2D eigenvalue weighted by Crippen LogP contribution is 2.31. The van der Waals surface area contributed by atoms with E-state index in [1.165, 1.54) is 21.7 Å². The van der Waals surface area contributed by atoms with E-state index in [0.29, 0.717) is 6.42 Å². The molecule has 0 fully saturated rings. The van der Waals surface area contributed by atoms with Gasteiger partial charge in [0.25, 0.3) is 0 Å². The standard InChI is InChI=1S/C17H16FNS/c1-19-16(10-12-6-2-4-8-15(12)18)14-11-20-17-9-5-3-7-13(14)17/h2-9,11,16,19H,10H2,1H3. The minimum absolute atomic E-state index is 0.128. The number of thiophene rings is 1. The van der Waals surface area contributed by atoms with Crippen molar-refractivity contribution < 1.29 is 4.39 Å². The maximum Gasteiger partial charge on any atom is 0.126 e. The van der Waals surface area contributed by atoms with Gasteiger partial charge < -0.3 is 5.32 Å². The second kappa shape index (κ2) is 5.73. The summed E-state index contributed by atoms with van der Waals surface area (Å²) in [6.07, 6.45) is 0.657. The van der Waals surface area contributed by atoms with Crippen LogP contribution in [0.25, 0.3) is 10.1 Å². The van der Waals surface area contributed by atoms with Crippen LogP contribution >= 0.6 is 11.3 Å². The predicted molar refractivity (Wildman–Crippen MR) is 83.7 cm³/mol. The zero-order chi connectivity index (χ0) is 13.9. The van der Waals surface area contributed by atoms with Crippen LogP contribution in [0.5, 0.6) is 0 Å². The quantitative estimate of drug-likeness (QED) is 0.742.